The van der Waals surface area contributed by atoms with Crippen molar-refractivity contribution >= 4 is 12.4 Å². The van der Waals surface area contributed by atoms with Crippen molar-refractivity contribution in [2.75, 3.05) is 32.8 Å². The van der Waals surface area contributed by atoms with Crippen LogP contribution >= 0.6 is 12.4 Å². The molecule has 0 unspecified atom stereocenters. The molecule has 1 fully saturated rings. The lowest BCUT2D eigenvalue weighted by Gasteiger charge is -2.27. The molecular weight excluding hydrogens is 272 g/mol. The molecule has 0 amide bonds. The summed E-state index contributed by atoms with van der Waals surface area (Å²) >= 11 is 0. The highest BCUT2D eigenvalue weighted by Gasteiger charge is 2.08. The zero-order valence-electron chi connectivity index (χ0n) is 13.4. The van der Waals surface area contributed by atoms with Crippen LogP contribution in [0.15, 0.2) is 0 Å². The van der Waals surface area contributed by atoms with E-state index in [1.807, 2.05) is 0 Å². The van der Waals surface area contributed by atoms with Gasteiger partial charge >= 0.3 is 0 Å². The fourth-order valence-corrected chi connectivity index (χ4v) is 2.57. The minimum atomic E-state index is 0. The van der Waals surface area contributed by atoms with Crippen LogP contribution in [0.5, 0.6) is 0 Å². The van der Waals surface area contributed by atoms with Gasteiger partial charge in [-0.3, -0.25) is 5.43 Å². The van der Waals surface area contributed by atoms with Crippen LogP contribution in [0.3, 0.4) is 0 Å². The van der Waals surface area contributed by atoms with Crippen LogP contribution in [0.1, 0.15) is 71.1 Å². The normalized spacial score (nSPS) is 16.1. The van der Waals surface area contributed by atoms with Crippen LogP contribution < -0.4 is 5.43 Å². The van der Waals surface area contributed by atoms with Gasteiger partial charge in [-0.25, -0.2) is 5.01 Å². The second kappa shape index (κ2) is 15.6. The van der Waals surface area contributed by atoms with Crippen molar-refractivity contribution in [1.29, 1.82) is 0 Å². The van der Waals surface area contributed by atoms with Crippen LogP contribution in [0.25, 0.3) is 0 Å². The molecule has 3 nitrogen and oxygen atoms in total. The number of rotatable bonds is 12. The first-order valence-electron chi connectivity index (χ1n) is 8.49. The third-order valence-electron chi connectivity index (χ3n) is 3.88. The van der Waals surface area contributed by atoms with Crippen molar-refractivity contribution < 1.29 is 4.74 Å². The largest absolute Gasteiger partial charge is 0.379 e. The van der Waals surface area contributed by atoms with Gasteiger partial charge in [0, 0.05) is 19.6 Å². The summed E-state index contributed by atoms with van der Waals surface area (Å²) in [5.41, 5.74) is 3.50. The maximum atomic E-state index is 5.32. The summed E-state index contributed by atoms with van der Waals surface area (Å²) in [6.07, 6.45) is 14.1. The lowest BCUT2D eigenvalue weighted by atomic mass is 10.1. The van der Waals surface area contributed by atoms with E-state index in [9.17, 15) is 0 Å². The Labute approximate surface area is 132 Å². The zero-order chi connectivity index (χ0) is 13.6. The van der Waals surface area contributed by atoms with Crippen LogP contribution in [0.2, 0.25) is 0 Å². The van der Waals surface area contributed by atoms with Crippen LogP contribution in [0, 0.1) is 0 Å². The fourth-order valence-electron chi connectivity index (χ4n) is 2.57. The average Bonchev–Trinajstić information content (AvgIpc) is 2.46. The molecule has 0 aromatic rings. The maximum absolute atomic E-state index is 5.32. The number of ether oxygens (including phenoxy) is 1. The second-order valence-electron chi connectivity index (χ2n) is 5.69. The van der Waals surface area contributed by atoms with Gasteiger partial charge in [0.05, 0.1) is 13.2 Å². The zero-order valence-corrected chi connectivity index (χ0v) is 14.2. The van der Waals surface area contributed by atoms with E-state index in [4.69, 9.17) is 4.74 Å². The van der Waals surface area contributed by atoms with E-state index in [0.717, 1.165) is 32.8 Å². The van der Waals surface area contributed by atoms with Gasteiger partial charge in [-0.05, 0) is 6.42 Å². The Morgan fingerprint density at radius 3 is 1.85 bits per heavy atom. The fraction of sp³-hybridized carbons (Fsp3) is 1.00. The van der Waals surface area contributed by atoms with E-state index in [0.29, 0.717) is 0 Å². The molecule has 1 rings (SSSR count). The van der Waals surface area contributed by atoms with E-state index < -0.39 is 0 Å². The molecule has 0 atom stereocenters. The van der Waals surface area contributed by atoms with Gasteiger partial charge in [0.1, 0.15) is 0 Å². The first kappa shape index (κ1) is 20.2. The van der Waals surface area contributed by atoms with Gasteiger partial charge < -0.3 is 4.74 Å². The molecule has 0 radical (unpaired) electrons. The van der Waals surface area contributed by atoms with Crippen molar-refractivity contribution in [1.82, 2.24) is 10.4 Å². The number of hydrazine groups is 1. The van der Waals surface area contributed by atoms with Gasteiger partial charge in [0.2, 0.25) is 0 Å². The van der Waals surface area contributed by atoms with Crippen LogP contribution in [0.4, 0.5) is 0 Å². The van der Waals surface area contributed by atoms with Crippen molar-refractivity contribution in [3.8, 4) is 0 Å². The molecule has 0 aromatic heterocycles. The summed E-state index contributed by atoms with van der Waals surface area (Å²) in [6, 6.07) is 0. The van der Waals surface area contributed by atoms with Gasteiger partial charge in [-0.1, -0.05) is 64.7 Å². The molecule has 1 aliphatic heterocycles. The Morgan fingerprint density at radius 1 is 0.800 bits per heavy atom. The monoisotopic (exact) mass is 306 g/mol. The molecule has 4 heteroatoms. The molecule has 20 heavy (non-hydrogen) atoms. The number of hydrogen-bond acceptors (Lipinski definition) is 3. The molecule has 0 saturated carbocycles. The number of morpholine rings is 1. The highest BCUT2D eigenvalue weighted by atomic mass is 35.5. The first-order valence-corrected chi connectivity index (χ1v) is 8.49. The predicted molar refractivity (Wildman–Crippen MR) is 89.5 cm³/mol. The molecule has 1 heterocycles. The highest BCUT2D eigenvalue weighted by Crippen LogP contribution is 2.10. The van der Waals surface area contributed by atoms with Crippen molar-refractivity contribution in [2.45, 2.75) is 71.1 Å². The van der Waals surface area contributed by atoms with Gasteiger partial charge in [0.25, 0.3) is 0 Å². The Kier molecular flexibility index (Phi) is 15.7. The van der Waals surface area contributed by atoms with Gasteiger partial charge in [-0.2, -0.15) is 0 Å². The molecule has 0 aromatic carbocycles. The van der Waals surface area contributed by atoms with Crippen molar-refractivity contribution in [2.24, 2.45) is 0 Å². The number of nitrogens with zero attached hydrogens (tertiary/aromatic N) is 1. The lowest BCUT2D eigenvalue weighted by molar-refractivity contribution is 0.0118. The lowest BCUT2D eigenvalue weighted by Crippen LogP contribution is -2.45. The summed E-state index contributed by atoms with van der Waals surface area (Å²) in [7, 11) is 0. The number of nitrogens with one attached hydrogen (secondary N) is 1. The summed E-state index contributed by atoms with van der Waals surface area (Å²) in [5, 5.41) is 2.30. The van der Waals surface area contributed by atoms with Crippen molar-refractivity contribution in [3.63, 3.8) is 0 Å². The predicted octanol–water partition coefficient (Wildman–Crippen LogP) is 4.17. The van der Waals surface area contributed by atoms with Gasteiger partial charge in [0.15, 0.2) is 0 Å². The number of halogens is 1. The molecular formula is C16H35ClN2O. The van der Waals surface area contributed by atoms with Crippen molar-refractivity contribution in [3.05, 3.63) is 0 Å². The van der Waals surface area contributed by atoms with E-state index in [2.05, 4.69) is 17.4 Å². The quantitative estimate of drug-likeness (QED) is 0.548. The molecule has 0 bridgehead atoms. The second-order valence-corrected chi connectivity index (χ2v) is 5.69. The van der Waals surface area contributed by atoms with Crippen LogP contribution in [-0.2, 0) is 4.74 Å². The summed E-state index contributed by atoms with van der Waals surface area (Å²) in [5.74, 6) is 0. The SMILES string of the molecule is CCCCCCCCCCCCNN1CCOCC1.Cl. The van der Waals surface area contributed by atoms with E-state index in [1.54, 1.807) is 0 Å². The Bertz CT molecular complexity index is 187. The molecule has 0 aliphatic carbocycles. The summed E-state index contributed by atoms with van der Waals surface area (Å²) in [6.45, 7) is 7.26. The smallest absolute Gasteiger partial charge is 0.0608 e. The molecule has 1 saturated heterocycles. The van der Waals surface area contributed by atoms with E-state index >= 15 is 0 Å². The summed E-state index contributed by atoms with van der Waals surface area (Å²) in [4.78, 5) is 0. The summed E-state index contributed by atoms with van der Waals surface area (Å²) < 4.78 is 5.32. The van der Waals surface area contributed by atoms with E-state index in [-0.39, 0.29) is 12.4 Å². The Hall–Kier alpha value is 0.170. The molecule has 1 aliphatic rings. The van der Waals surface area contributed by atoms with Gasteiger partial charge in [-0.15, -0.1) is 12.4 Å². The number of hydrogen-bond donors (Lipinski definition) is 1. The average molecular weight is 307 g/mol. The minimum Gasteiger partial charge on any atom is -0.379 e. The standard InChI is InChI=1S/C16H34N2O.ClH/c1-2-3-4-5-6-7-8-9-10-11-12-17-18-13-15-19-16-14-18;/h17H,2-16H2,1H3;1H. The topological polar surface area (TPSA) is 24.5 Å². The highest BCUT2D eigenvalue weighted by molar-refractivity contribution is 5.85. The number of unbranched alkanes of at least 4 members (excludes halogenated alkanes) is 9. The third kappa shape index (κ3) is 12.0. The first-order chi connectivity index (χ1) is 9.43. The third-order valence-corrected chi connectivity index (χ3v) is 3.88. The minimum absolute atomic E-state index is 0. The molecule has 1 N–H and O–H groups in total. The molecule has 0 spiro atoms. The van der Waals surface area contributed by atoms with Crippen LogP contribution in [-0.4, -0.2) is 37.9 Å². The molecule has 122 valence electrons. The Morgan fingerprint density at radius 2 is 1.30 bits per heavy atom. The Balaban J connectivity index is 0.00000361. The maximum Gasteiger partial charge on any atom is 0.0608 e. The van der Waals surface area contributed by atoms with E-state index in [1.165, 1.54) is 64.2 Å².